The third-order valence-corrected chi connectivity index (χ3v) is 2.97. The van der Waals surface area contributed by atoms with Crippen LogP contribution in [-0.2, 0) is 0 Å². The van der Waals surface area contributed by atoms with Gasteiger partial charge in [0.05, 0.1) is 11.4 Å². The third-order valence-electron chi connectivity index (χ3n) is 2.97. The Labute approximate surface area is 84.7 Å². The molecule has 1 aromatic rings. The summed E-state index contributed by atoms with van der Waals surface area (Å²) >= 11 is 0. The van der Waals surface area contributed by atoms with Crippen molar-refractivity contribution in [2.45, 2.75) is 13.3 Å². The van der Waals surface area contributed by atoms with Crippen LogP contribution in [-0.4, -0.2) is 13.1 Å². The number of rotatable bonds is 2. The van der Waals surface area contributed by atoms with Crippen LogP contribution in [0.3, 0.4) is 0 Å². The second kappa shape index (κ2) is 3.40. The van der Waals surface area contributed by atoms with Crippen molar-refractivity contribution >= 4 is 17.1 Å². The number of benzene rings is 1. The molecule has 0 bridgehead atoms. The van der Waals surface area contributed by atoms with Crippen molar-refractivity contribution in [2.24, 2.45) is 5.92 Å². The topological polar surface area (TPSA) is 55.3 Å². The van der Waals surface area contributed by atoms with Gasteiger partial charge in [0, 0.05) is 18.8 Å². The maximum Gasteiger partial charge on any atom is 0.0568 e. The summed E-state index contributed by atoms with van der Waals surface area (Å²) in [6.07, 6.45) is 1.26. The summed E-state index contributed by atoms with van der Waals surface area (Å²) < 4.78 is 0. The minimum Gasteiger partial charge on any atom is -0.397 e. The van der Waals surface area contributed by atoms with Gasteiger partial charge in [-0.05, 0) is 30.5 Å². The van der Waals surface area contributed by atoms with E-state index in [4.69, 9.17) is 11.5 Å². The molecule has 0 amide bonds. The molecule has 1 aliphatic rings. The van der Waals surface area contributed by atoms with Crippen LogP contribution in [0.2, 0.25) is 0 Å². The minimum atomic E-state index is 0.668. The highest BCUT2D eigenvalue weighted by Gasteiger charge is 2.25. The van der Waals surface area contributed by atoms with Crippen molar-refractivity contribution < 1.29 is 0 Å². The number of hydrogen-bond donors (Lipinski definition) is 2. The minimum absolute atomic E-state index is 0.668. The zero-order chi connectivity index (χ0) is 10.1. The standard InChI is InChI=1S/C11H17N3/c1-2-8-6-14(7-8)9-3-4-10(12)11(13)5-9/h3-5,8H,2,6-7,12-13H2,1H3. The maximum atomic E-state index is 5.75. The lowest BCUT2D eigenvalue weighted by Gasteiger charge is -2.40. The molecule has 1 saturated heterocycles. The molecule has 76 valence electrons. The number of nitrogen functional groups attached to an aromatic ring is 2. The first kappa shape index (κ1) is 9.19. The third kappa shape index (κ3) is 1.50. The average Bonchev–Trinajstić information content (AvgIpc) is 2.09. The molecular weight excluding hydrogens is 174 g/mol. The predicted molar refractivity (Wildman–Crippen MR) is 61.3 cm³/mol. The number of nitrogens with two attached hydrogens (primary N) is 2. The SMILES string of the molecule is CCC1CN(c2ccc(N)c(N)c2)C1. The molecule has 3 nitrogen and oxygen atoms in total. The van der Waals surface area contributed by atoms with E-state index in [2.05, 4.69) is 11.8 Å². The Bertz CT molecular complexity index is 329. The first-order chi connectivity index (χ1) is 6.70. The van der Waals surface area contributed by atoms with Crippen molar-refractivity contribution in [1.82, 2.24) is 0 Å². The molecule has 1 aliphatic heterocycles. The Hall–Kier alpha value is -1.38. The van der Waals surface area contributed by atoms with Crippen LogP contribution in [0.4, 0.5) is 17.1 Å². The van der Waals surface area contributed by atoms with Gasteiger partial charge in [-0.15, -0.1) is 0 Å². The number of nitrogens with zero attached hydrogens (tertiary/aromatic N) is 1. The van der Waals surface area contributed by atoms with Gasteiger partial charge in [-0.2, -0.15) is 0 Å². The van der Waals surface area contributed by atoms with E-state index in [0.29, 0.717) is 11.4 Å². The highest BCUT2D eigenvalue weighted by Crippen LogP contribution is 2.29. The lowest BCUT2D eigenvalue weighted by molar-refractivity contribution is 0.399. The van der Waals surface area contributed by atoms with Crippen molar-refractivity contribution in [2.75, 3.05) is 29.5 Å². The number of hydrogen-bond acceptors (Lipinski definition) is 3. The molecule has 2 rings (SSSR count). The summed E-state index contributed by atoms with van der Waals surface area (Å²) in [5.41, 5.74) is 14.0. The van der Waals surface area contributed by atoms with Gasteiger partial charge in [-0.3, -0.25) is 0 Å². The largest absolute Gasteiger partial charge is 0.397 e. The molecule has 1 fully saturated rings. The van der Waals surface area contributed by atoms with Gasteiger partial charge in [0.15, 0.2) is 0 Å². The molecule has 0 aromatic heterocycles. The molecule has 4 N–H and O–H groups in total. The highest BCUT2D eigenvalue weighted by atomic mass is 15.2. The fourth-order valence-corrected chi connectivity index (χ4v) is 1.80. The van der Waals surface area contributed by atoms with Gasteiger partial charge >= 0.3 is 0 Å². The average molecular weight is 191 g/mol. The van der Waals surface area contributed by atoms with Crippen molar-refractivity contribution in [3.63, 3.8) is 0 Å². The quantitative estimate of drug-likeness (QED) is 0.699. The summed E-state index contributed by atoms with van der Waals surface area (Å²) in [5, 5.41) is 0. The van der Waals surface area contributed by atoms with E-state index in [-0.39, 0.29) is 0 Å². The van der Waals surface area contributed by atoms with Crippen molar-refractivity contribution in [3.05, 3.63) is 18.2 Å². The summed E-state index contributed by atoms with van der Waals surface area (Å²) in [7, 11) is 0. The van der Waals surface area contributed by atoms with Crippen LogP contribution >= 0.6 is 0 Å². The van der Waals surface area contributed by atoms with E-state index in [0.717, 1.165) is 19.0 Å². The van der Waals surface area contributed by atoms with Crippen LogP contribution in [0, 0.1) is 5.92 Å². The van der Waals surface area contributed by atoms with E-state index in [1.807, 2.05) is 18.2 Å². The van der Waals surface area contributed by atoms with Gasteiger partial charge < -0.3 is 16.4 Å². The Balaban J connectivity index is 2.08. The molecule has 3 heteroatoms. The molecular formula is C11H17N3. The first-order valence-electron chi connectivity index (χ1n) is 5.10. The summed E-state index contributed by atoms with van der Waals surface area (Å²) in [5.74, 6) is 0.855. The Morgan fingerprint density at radius 1 is 1.29 bits per heavy atom. The molecule has 1 aromatic carbocycles. The van der Waals surface area contributed by atoms with Crippen LogP contribution in [0.25, 0.3) is 0 Å². The maximum absolute atomic E-state index is 5.75. The van der Waals surface area contributed by atoms with Gasteiger partial charge in [0.25, 0.3) is 0 Å². The van der Waals surface area contributed by atoms with Crippen LogP contribution in [0.15, 0.2) is 18.2 Å². The summed E-state index contributed by atoms with van der Waals surface area (Å²) in [6.45, 7) is 4.54. The van der Waals surface area contributed by atoms with Gasteiger partial charge in [0.2, 0.25) is 0 Å². The van der Waals surface area contributed by atoms with Crippen molar-refractivity contribution in [3.8, 4) is 0 Å². The fraction of sp³-hybridized carbons (Fsp3) is 0.455. The normalized spacial score (nSPS) is 16.8. The lowest BCUT2D eigenvalue weighted by Crippen LogP contribution is -2.46. The summed E-state index contributed by atoms with van der Waals surface area (Å²) in [6, 6.07) is 5.88. The van der Waals surface area contributed by atoms with Gasteiger partial charge in [-0.1, -0.05) is 6.92 Å². The van der Waals surface area contributed by atoms with E-state index in [1.54, 1.807) is 0 Å². The van der Waals surface area contributed by atoms with Gasteiger partial charge in [-0.25, -0.2) is 0 Å². The predicted octanol–water partition coefficient (Wildman–Crippen LogP) is 1.70. The molecule has 0 radical (unpaired) electrons. The molecule has 0 aliphatic carbocycles. The fourth-order valence-electron chi connectivity index (χ4n) is 1.80. The zero-order valence-electron chi connectivity index (χ0n) is 8.53. The highest BCUT2D eigenvalue weighted by molar-refractivity contribution is 5.70. The smallest absolute Gasteiger partial charge is 0.0568 e. The Morgan fingerprint density at radius 2 is 2.00 bits per heavy atom. The van der Waals surface area contributed by atoms with E-state index < -0.39 is 0 Å². The van der Waals surface area contributed by atoms with Gasteiger partial charge in [0.1, 0.15) is 0 Å². The monoisotopic (exact) mass is 191 g/mol. The van der Waals surface area contributed by atoms with E-state index in [1.165, 1.54) is 12.1 Å². The molecule has 1 heterocycles. The Kier molecular flexibility index (Phi) is 2.23. The lowest BCUT2D eigenvalue weighted by atomic mass is 9.96. The molecule has 0 saturated carbocycles. The second-order valence-corrected chi connectivity index (χ2v) is 3.99. The van der Waals surface area contributed by atoms with E-state index >= 15 is 0 Å². The second-order valence-electron chi connectivity index (χ2n) is 3.99. The molecule has 0 spiro atoms. The van der Waals surface area contributed by atoms with Crippen LogP contribution < -0.4 is 16.4 Å². The molecule has 0 atom stereocenters. The zero-order valence-corrected chi connectivity index (χ0v) is 8.53. The Morgan fingerprint density at radius 3 is 2.57 bits per heavy atom. The summed E-state index contributed by atoms with van der Waals surface area (Å²) in [4.78, 5) is 2.34. The van der Waals surface area contributed by atoms with Crippen LogP contribution in [0.5, 0.6) is 0 Å². The number of anilines is 3. The first-order valence-corrected chi connectivity index (χ1v) is 5.10. The van der Waals surface area contributed by atoms with Crippen LogP contribution in [0.1, 0.15) is 13.3 Å². The van der Waals surface area contributed by atoms with Crippen molar-refractivity contribution in [1.29, 1.82) is 0 Å². The molecule has 14 heavy (non-hydrogen) atoms. The van der Waals surface area contributed by atoms with E-state index in [9.17, 15) is 0 Å². The molecule has 0 unspecified atom stereocenters.